The molecule has 1 saturated heterocycles. The number of benzene rings is 1. The third-order valence-corrected chi connectivity index (χ3v) is 4.62. The van der Waals surface area contributed by atoms with E-state index in [-0.39, 0.29) is 18.4 Å². The number of hydrogen-bond acceptors (Lipinski definition) is 5. The Morgan fingerprint density at radius 3 is 3.17 bits per heavy atom. The third kappa shape index (κ3) is 3.93. The summed E-state index contributed by atoms with van der Waals surface area (Å²) in [5.41, 5.74) is 0.406. The molecule has 1 amide bonds. The monoisotopic (exact) mass is 336 g/mol. The second-order valence-electron chi connectivity index (χ2n) is 5.34. The van der Waals surface area contributed by atoms with Crippen molar-refractivity contribution in [3.8, 4) is 0 Å². The lowest BCUT2D eigenvalue weighted by Crippen LogP contribution is -2.42. The lowest BCUT2D eigenvalue weighted by atomic mass is 10.1. The fourth-order valence-corrected chi connectivity index (χ4v) is 3.22. The maximum atomic E-state index is 13.2. The summed E-state index contributed by atoms with van der Waals surface area (Å²) in [6.45, 7) is 1.34. The number of ether oxygens (including phenoxy) is 1. The molecule has 0 saturated carbocycles. The second kappa shape index (κ2) is 7.16. The summed E-state index contributed by atoms with van der Waals surface area (Å²) in [6, 6.07) is 5.68. The first-order valence-electron chi connectivity index (χ1n) is 7.36. The van der Waals surface area contributed by atoms with Crippen LogP contribution in [-0.4, -0.2) is 40.6 Å². The normalized spacial score (nSPS) is 19.6. The molecule has 1 fully saturated rings. The Hall–Kier alpha value is -1.83. The molecule has 122 valence electrons. The van der Waals surface area contributed by atoms with Gasteiger partial charge in [-0.1, -0.05) is 12.1 Å². The first-order chi connectivity index (χ1) is 11.1. The van der Waals surface area contributed by atoms with Crippen molar-refractivity contribution in [1.82, 2.24) is 9.88 Å². The van der Waals surface area contributed by atoms with E-state index in [0.29, 0.717) is 25.3 Å². The van der Waals surface area contributed by atoms with Crippen LogP contribution in [0.25, 0.3) is 0 Å². The van der Waals surface area contributed by atoms with Crippen LogP contribution >= 0.6 is 11.3 Å². The maximum absolute atomic E-state index is 13.2. The number of aromatic nitrogens is 1. The van der Waals surface area contributed by atoms with Crippen LogP contribution < -0.4 is 0 Å². The Labute approximate surface area is 137 Å². The first kappa shape index (κ1) is 16.0. The third-order valence-electron chi connectivity index (χ3n) is 3.75. The highest BCUT2D eigenvalue weighted by Gasteiger charge is 2.28. The largest absolute Gasteiger partial charge is 0.388 e. The topological polar surface area (TPSA) is 62.7 Å². The predicted molar refractivity (Wildman–Crippen MR) is 83.4 cm³/mol. The van der Waals surface area contributed by atoms with Gasteiger partial charge >= 0.3 is 0 Å². The molecule has 2 atom stereocenters. The Balaban J connectivity index is 1.61. The van der Waals surface area contributed by atoms with Crippen LogP contribution in [0, 0.1) is 5.82 Å². The zero-order valence-corrected chi connectivity index (χ0v) is 13.2. The van der Waals surface area contributed by atoms with Gasteiger partial charge in [0.15, 0.2) is 0 Å². The number of halogens is 1. The fraction of sp³-hybridized carbons (Fsp3) is 0.375. The smallest absolute Gasteiger partial charge is 0.225 e. The molecule has 0 spiro atoms. The van der Waals surface area contributed by atoms with E-state index in [1.807, 2.05) is 5.38 Å². The molecule has 3 rings (SSSR count). The zero-order valence-electron chi connectivity index (χ0n) is 12.4. The molecular weight excluding hydrogens is 319 g/mol. The van der Waals surface area contributed by atoms with Crippen molar-refractivity contribution in [3.63, 3.8) is 0 Å². The van der Waals surface area contributed by atoms with Crippen LogP contribution in [0.3, 0.4) is 0 Å². The molecule has 2 heterocycles. The van der Waals surface area contributed by atoms with Crippen molar-refractivity contribution in [2.24, 2.45) is 0 Å². The van der Waals surface area contributed by atoms with Crippen molar-refractivity contribution in [3.05, 3.63) is 52.2 Å². The van der Waals surface area contributed by atoms with Crippen LogP contribution in [0.4, 0.5) is 4.39 Å². The van der Waals surface area contributed by atoms with Gasteiger partial charge in [0, 0.05) is 18.1 Å². The van der Waals surface area contributed by atoms with Crippen LogP contribution in [0.1, 0.15) is 29.2 Å². The van der Waals surface area contributed by atoms with Gasteiger partial charge in [-0.05, 0) is 17.7 Å². The average Bonchev–Trinajstić information content (AvgIpc) is 3.09. The molecule has 1 aromatic carbocycles. The summed E-state index contributed by atoms with van der Waals surface area (Å²) in [6.07, 6.45) is 0.393. The Morgan fingerprint density at radius 2 is 2.43 bits per heavy atom. The number of rotatable bonds is 4. The Kier molecular flexibility index (Phi) is 5.00. The van der Waals surface area contributed by atoms with Gasteiger partial charge in [-0.3, -0.25) is 4.79 Å². The highest BCUT2D eigenvalue weighted by atomic mass is 32.1. The van der Waals surface area contributed by atoms with Gasteiger partial charge in [0.25, 0.3) is 0 Å². The summed E-state index contributed by atoms with van der Waals surface area (Å²) in [7, 11) is 0. The van der Waals surface area contributed by atoms with E-state index < -0.39 is 11.9 Å². The van der Waals surface area contributed by atoms with Crippen LogP contribution in [-0.2, 0) is 9.53 Å². The SMILES string of the molecule is O=C(CC(O)c1cccc(F)c1)N1CCOC(c2nccs2)C1. The van der Waals surface area contributed by atoms with E-state index in [1.54, 1.807) is 17.2 Å². The lowest BCUT2D eigenvalue weighted by molar-refractivity contribution is -0.141. The number of carbonyl (C=O) groups is 1. The van der Waals surface area contributed by atoms with Crippen molar-refractivity contribution in [1.29, 1.82) is 0 Å². The molecule has 0 aliphatic carbocycles. The first-order valence-corrected chi connectivity index (χ1v) is 8.24. The summed E-state index contributed by atoms with van der Waals surface area (Å²) >= 11 is 1.49. The quantitative estimate of drug-likeness (QED) is 0.931. The molecule has 1 aromatic heterocycles. The summed E-state index contributed by atoms with van der Waals surface area (Å²) in [5.74, 6) is -0.601. The molecule has 2 unspecified atom stereocenters. The van der Waals surface area contributed by atoms with Crippen LogP contribution in [0.15, 0.2) is 35.8 Å². The molecule has 0 radical (unpaired) electrons. The molecule has 0 bridgehead atoms. The molecule has 1 aliphatic rings. The standard InChI is InChI=1S/C16H17FN2O3S/c17-12-3-1-2-11(8-12)13(20)9-15(21)19-5-6-22-14(10-19)16-18-4-7-23-16/h1-4,7-8,13-14,20H,5-6,9-10H2. The Morgan fingerprint density at radius 1 is 1.57 bits per heavy atom. The predicted octanol–water partition coefficient (Wildman–Crippen LogP) is 2.31. The minimum absolute atomic E-state index is 0.0754. The van der Waals surface area contributed by atoms with E-state index in [1.165, 1.54) is 29.5 Å². The van der Waals surface area contributed by atoms with E-state index in [0.717, 1.165) is 5.01 Å². The number of hydrogen-bond donors (Lipinski definition) is 1. The molecule has 2 aromatic rings. The molecule has 5 nitrogen and oxygen atoms in total. The van der Waals surface area contributed by atoms with Gasteiger partial charge in [0.1, 0.15) is 16.9 Å². The number of amides is 1. The van der Waals surface area contributed by atoms with Crippen LogP contribution in [0.2, 0.25) is 0 Å². The molecule has 7 heteroatoms. The number of morpholine rings is 1. The van der Waals surface area contributed by atoms with Gasteiger partial charge in [0.05, 0.1) is 25.7 Å². The lowest BCUT2D eigenvalue weighted by Gasteiger charge is -2.32. The van der Waals surface area contributed by atoms with Gasteiger partial charge in [-0.25, -0.2) is 9.37 Å². The molecular formula is C16H17FN2O3S. The molecule has 1 N–H and O–H groups in total. The minimum Gasteiger partial charge on any atom is -0.388 e. The number of aliphatic hydroxyl groups is 1. The number of thiazole rings is 1. The maximum Gasteiger partial charge on any atom is 0.225 e. The molecule has 1 aliphatic heterocycles. The number of nitrogens with zero attached hydrogens (tertiary/aromatic N) is 2. The van der Waals surface area contributed by atoms with Gasteiger partial charge in [-0.2, -0.15) is 0 Å². The fourth-order valence-electron chi connectivity index (χ4n) is 2.54. The number of carbonyl (C=O) groups excluding carboxylic acids is 1. The summed E-state index contributed by atoms with van der Waals surface area (Å²) in [4.78, 5) is 18.3. The number of aliphatic hydroxyl groups excluding tert-OH is 1. The van der Waals surface area contributed by atoms with Gasteiger partial charge in [-0.15, -0.1) is 11.3 Å². The van der Waals surface area contributed by atoms with E-state index in [2.05, 4.69) is 4.98 Å². The van der Waals surface area contributed by atoms with Crippen molar-refractivity contribution < 1.29 is 19.0 Å². The van der Waals surface area contributed by atoms with Crippen molar-refractivity contribution in [2.75, 3.05) is 19.7 Å². The average molecular weight is 336 g/mol. The zero-order chi connectivity index (χ0) is 16.2. The van der Waals surface area contributed by atoms with E-state index in [4.69, 9.17) is 4.74 Å². The highest BCUT2D eigenvalue weighted by Crippen LogP contribution is 2.25. The van der Waals surface area contributed by atoms with Gasteiger partial charge in [0.2, 0.25) is 5.91 Å². The molecule has 23 heavy (non-hydrogen) atoms. The minimum atomic E-state index is -1.01. The Bertz CT molecular complexity index is 665. The van der Waals surface area contributed by atoms with Gasteiger partial charge < -0.3 is 14.7 Å². The van der Waals surface area contributed by atoms with Crippen molar-refractivity contribution >= 4 is 17.2 Å². The van der Waals surface area contributed by atoms with Crippen LogP contribution in [0.5, 0.6) is 0 Å². The highest BCUT2D eigenvalue weighted by molar-refractivity contribution is 7.09. The summed E-state index contributed by atoms with van der Waals surface area (Å²) in [5, 5.41) is 12.8. The second-order valence-corrected chi connectivity index (χ2v) is 6.27. The van der Waals surface area contributed by atoms with E-state index in [9.17, 15) is 14.3 Å². The van der Waals surface area contributed by atoms with E-state index >= 15 is 0 Å². The summed E-state index contributed by atoms with van der Waals surface area (Å²) < 4.78 is 18.8. The van der Waals surface area contributed by atoms with Crippen molar-refractivity contribution in [2.45, 2.75) is 18.6 Å².